The van der Waals surface area contributed by atoms with Crippen LogP contribution < -0.4 is 0 Å². The van der Waals surface area contributed by atoms with Crippen molar-refractivity contribution in [3.8, 4) is 11.3 Å². The molecule has 0 atom stereocenters. The predicted octanol–water partition coefficient (Wildman–Crippen LogP) is 1.69. The van der Waals surface area contributed by atoms with Crippen LogP contribution >= 0.6 is 0 Å². The summed E-state index contributed by atoms with van der Waals surface area (Å²) in [5.41, 5.74) is 2.40. The Labute approximate surface area is 109 Å². The van der Waals surface area contributed by atoms with E-state index in [1.807, 2.05) is 0 Å². The van der Waals surface area contributed by atoms with Crippen molar-refractivity contribution in [1.82, 2.24) is 15.1 Å². The summed E-state index contributed by atoms with van der Waals surface area (Å²) in [4.78, 5) is 8.21. The molecule has 0 amide bonds. The van der Waals surface area contributed by atoms with Crippen molar-refractivity contribution in [2.45, 2.75) is 4.90 Å². The molecular formula is C12H9N3O3S. The van der Waals surface area contributed by atoms with E-state index in [9.17, 15) is 8.42 Å². The van der Waals surface area contributed by atoms with E-state index in [4.69, 9.17) is 4.52 Å². The fourth-order valence-electron chi connectivity index (χ4n) is 1.75. The van der Waals surface area contributed by atoms with Gasteiger partial charge in [-0.3, -0.25) is 0 Å². The first kappa shape index (κ1) is 11.8. The van der Waals surface area contributed by atoms with Crippen LogP contribution in [0.15, 0.2) is 46.2 Å². The normalized spacial score (nSPS) is 11.8. The van der Waals surface area contributed by atoms with Crippen LogP contribution in [-0.4, -0.2) is 29.8 Å². The van der Waals surface area contributed by atoms with Gasteiger partial charge in [0.15, 0.2) is 9.84 Å². The monoisotopic (exact) mass is 275 g/mol. The zero-order valence-electron chi connectivity index (χ0n) is 9.94. The first-order chi connectivity index (χ1) is 9.05. The molecule has 0 bridgehead atoms. The van der Waals surface area contributed by atoms with Crippen LogP contribution in [0, 0.1) is 0 Å². The molecule has 2 aromatic heterocycles. The maximum Gasteiger partial charge on any atom is 0.204 e. The van der Waals surface area contributed by atoms with Crippen LogP contribution in [0.25, 0.3) is 22.4 Å². The summed E-state index contributed by atoms with van der Waals surface area (Å²) in [6.07, 6.45) is 4.11. The van der Waals surface area contributed by atoms with Crippen molar-refractivity contribution in [3.63, 3.8) is 0 Å². The minimum Gasteiger partial charge on any atom is -0.352 e. The third-order valence-electron chi connectivity index (χ3n) is 2.69. The molecule has 3 aromatic rings. The van der Waals surface area contributed by atoms with Gasteiger partial charge in [-0.15, -0.1) is 0 Å². The van der Waals surface area contributed by atoms with Crippen LogP contribution in [0.2, 0.25) is 0 Å². The SMILES string of the molecule is CS(=O)(=O)c1ccc(-c2noc3cncnc23)cc1. The topological polar surface area (TPSA) is 86.0 Å². The van der Waals surface area contributed by atoms with Crippen LogP contribution in [0.5, 0.6) is 0 Å². The molecule has 0 unspecified atom stereocenters. The van der Waals surface area contributed by atoms with Crippen molar-refractivity contribution in [2.75, 3.05) is 6.26 Å². The minimum atomic E-state index is -3.20. The van der Waals surface area contributed by atoms with Gasteiger partial charge >= 0.3 is 0 Å². The molecule has 6 nitrogen and oxygen atoms in total. The molecule has 0 N–H and O–H groups in total. The second-order valence-corrected chi connectivity index (χ2v) is 6.08. The van der Waals surface area contributed by atoms with Gasteiger partial charge in [-0.25, -0.2) is 18.4 Å². The van der Waals surface area contributed by atoms with E-state index in [1.165, 1.54) is 30.9 Å². The number of hydrogen-bond donors (Lipinski definition) is 0. The molecule has 0 spiro atoms. The molecule has 0 aliphatic carbocycles. The average Bonchev–Trinajstić information content (AvgIpc) is 2.82. The third-order valence-corrected chi connectivity index (χ3v) is 3.82. The van der Waals surface area contributed by atoms with Crippen LogP contribution in [0.4, 0.5) is 0 Å². The molecule has 1 aromatic carbocycles. The highest BCUT2D eigenvalue weighted by molar-refractivity contribution is 7.90. The second-order valence-electron chi connectivity index (χ2n) is 4.06. The van der Waals surface area contributed by atoms with Gasteiger partial charge in [-0.1, -0.05) is 17.3 Å². The minimum absolute atomic E-state index is 0.263. The fraction of sp³-hybridized carbons (Fsp3) is 0.0833. The average molecular weight is 275 g/mol. The van der Waals surface area contributed by atoms with Crippen molar-refractivity contribution in [1.29, 1.82) is 0 Å². The van der Waals surface area contributed by atoms with E-state index in [0.29, 0.717) is 16.8 Å². The smallest absolute Gasteiger partial charge is 0.204 e. The quantitative estimate of drug-likeness (QED) is 0.707. The molecule has 0 saturated carbocycles. The maximum atomic E-state index is 11.4. The van der Waals surface area contributed by atoms with Crippen molar-refractivity contribution < 1.29 is 12.9 Å². The highest BCUT2D eigenvalue weighted by Gasteiger charge is 2.13. The number of benzene rings is 1. The Morgan fingerprint density at radius 3 is 2.58 bits per heavy atom. The molecule has 2 heterocycles. The van der Waals surface area contributed by atoms with Gasteiger partial charge in [0.25, 0.3) is 0 Å². The predicted molar refractivity (Wildman–Crippen MR) is 68.1 cm³/mol. The van der Waals surface area contributed by atoms with E-state index in [1.54, 1.807) is 12.1 Å². The summed E-state index contributed by atoms with van der Waals surface area (Å²) < 4.78 is 27.9. The lowest BCUT2D eigenvalue weighted by Gasteiger charge is -1.99. The first-order valence-electron chi connectivity index (χ1n) is 5.41. The van der Waals surface area contributed by atoms with Crippen molar-refractivity contribution in [2.24, 2.45) is 0 Å². The molecule has 96 valence electrons. The standard InChI is InChI=1S/C12H9N3O3S/c1-19(16,17)9-4-2-8(3-5-9)11-12-10(18-15-11)6-13-7-14-12/h2-7H,1H3. The number of sulfone groups is 1. The highest BCUT2D eigenvalue weighted by atomic mass is 32.2. The van der Waals surface area contributed by atoms with Gasteiger partial charge < -0.3 is 4.52 Å². The Balaban J connectivity index is 2.12. The third kappa shape index (κ3) is 2.08. The zero-order chi connectivity index (χ0) is 13.5. The van der Waals surface area contributed by atoms with Crippen LogP contribution in [0.3, 0.4) is 0 Å². The maximum absolute atomic E-state index is 11.4. The van der Waals surface area contributed by atoms with Gasteiger partial charge in [-0.05, 0) is 12.1 Å². The zero-order valence-corrected chi connectivity index (χ0v) is 10.8. The van der Waals surface area contributed by atoms with E-state index in [2.05, 4.69) is 15.1 Å². The van der Waals surface area contributed by atoms with Gasteiger partial charge in [0.1, 0.15) is 17.5 Å². The van der Waals surface area contributed by atoms with Crippen LogP contribution in [0.1, 0.15) is 0 Å². The van der Waals surface area contributed by atoms with Crippen molar-refractivity contribution in [3.05, 3.63) is 36.8 Å². The Kier molecular flexibility index (Phi) is 2.56. The summed E-state index contributed by atoms with van der Waals surface area (Å²) in [5, 5.41) is 3.93. The first-order valence-corrected chi connectivity index (χ1v) is 7.31. The largest absolute Gasteiger partial charge is 0.352 e. The van der Waals surface area contributed by atoms with E-state index < -0.39 is 9.84 Å². The van der Waals surface area contributed by atoms with Gasteiger partial charge in [-0.2, -0.15) is 0 Å². The molecular weight excluding hydrogens is 266 g/mol. The molecule has 19 heavy (non-hydrogen) atoms. The Hall–Kier alpha value is -2.28. The number of nitrogens with zero attached hydrogens (tertiary/aromatic N) is 3. The number of hydrogen-bond acceptors (Lipinski definition) is 6. The Bertz CT molecular complexity index is 838. The lowest BCUT2D eigenvalue weighted by Crippen LogP contribution is -1.96. The molecule has 3 rings (SSSR count). The summed E-state index contributed by atoms with van der Waals surface area (Å²) in [6.45, 7) is 0. The van der Waals surface area contributed by atoms with Gasteiger partial charge in [0.05, 0.1) is 11.1 Å². The molecule has 0 radical (unpaired) electrons. The number of aromatic nitrogens is 3. The Morgan fingerprint density at radius 1 is 1.16 bits per heavy atom. The molecule has 0 fully saturated rings. The van der Waals surface area contributed by atoms with Gasteiger partial charge in [0, 0.05) is 11.8 Å². The molecule has 0 aliphatic rings. The highest BCUT2D eigenvalue weighted by Crippen LogP contribution is 2.26. The van der Waals surface area contributed by atoms with E-state index in [-0.39, 0.29) is 4.90 Å². The molecule has 7 heteroatoms. The summed E-state index contributed by atoms with van der Waals surface area (Å²) in [5.74, 6) is 0. The van der Waals surface area contributed by atoms with Crippen molar-refractivity contribution >= 4 is 20.9 Å². The lowest BCUT2D eigenvalue weighted by atomic mass is 10.1. The summed E-state index contributed by atoms with van der Waals surface area (Å²) in [7, 11) is -3.20. The molecule has 0 aliphatic heterocycles. The lowest BCUT2D eigenvalue weighted by molar-refractivity contribution is 0.458. The van der Waals surface area contributed by atoms with Crippen LogP contribution in [-0.2, 0) is 9.84 Å². The molecule has 0 saturated heterocycles. The van der Waals surface area contributed by atoms with Gasteiger partial charge in [0.2, 0.25) is 5.58 Å². The summed E-state index contributed by atoms with van der Waals surface area (Å²) in [6, 6.07) is 6.42. The summed E-state index contributed by atoms with van der Waals surface area (Å²) >= 11 is 0. The second kappa shape index (κ2) is 4.13. The fourth-order valence-corrected chi connectivity index (χ4v) is 2.38. The number of rotatable bonds is 2. The number of fused-ring (bicyclic) bond motifs is 1. The van der Waals surface area contributed by atoms with E-state index >= 15 is 0 Å². The van der Waals surface area contributed by atoms with E-state index in [0.717, 1.165) is 5.56 Å². The Morgan fingerprint density at radius 2 is 1.89 bits per heavy atom.